The summed E-state index contributed by atoms with van der Waals surface area (Å²) in [5, 5.41) is 11.7. The van der Waals surface area contributed by atoms with Gasteiger partial charge in [0, 0.05) is 25.6 Å². The number of hydrogen-bond acceptors (Lipinski definition) is 5. The summed E-state index contributed by atoms with van der Waals surface area (Å²) >= 11 is 0. The molecule has 5 heteroatoms. The van der Waals surface area contributed by atoms with Crippen LogP contribution >= 0.6 is 0 Å². The first kappa shape index (κ1) is 11.2. The van der Waals surface area contributed by atoms with Crippen molar-refractivity contribution < 1.29 is 9.15 Å². The number of aromatic nitrogens is 2. The van der Waals surface area contributed by atoms with Gasteiger partial charge in [0.15, 0.2) is 0 Å². The fourth-order valence-corrected chi connectivity index (χ4v) is 2.14. The topological polar surface area (TPSA) is 60.2 Å². The predicted octanol–water partition coefficient (Wildman–Crippen LogP) is 1.26. The number of hydrogen-bond donors (Lipinski definition) is 1. The van der Waals surface area contributed by atoms with E-state index < -0.39 is 0 Å². The molecular weight excluding hydrogens is 218 g/mol. The summed E-state index contributed by atoms with van der Waals surface area (Å²) in [7, 11) is 0. The van der Waals surface area contributed by atoms with Crippen LogP contribution in [0.4, 0.5) is 0 Å². The molecule has 17 heavy (non-hydrogen) atoms. The van der Waals surface area contributed by atoms with Crippen molar-refractivity contribution in [2.45, 2.75) is 44.1 Å². The molecule has 1 unspecified atom stereocenters. The molecule has 2 fully saturated rings. The first-order chi connectivity index (χ1) is 8.42. The lowest BCUT2D eigenvalue weighted by Crippen LogP contribution is -2.19. The van der Waals surface area contributed by atoms with E-state index in [2.05, 4.69) is 15.5 Å². The van der Waals surface area contributed by atoms with Crippen LogP contribution in [0.2, 0.25) is 0 Å². The van der Waals surface area contributed by atoms with E-state index in [1.165, 1.54) is 12.8 Å². The third kappa shape index (κ3) is 3.04. The Morgan fingerprint density at radius 2 is 2.18 bits per heavy atom. The lowest BCUT2D eigenvalue weighted by atomic mass is 10.0. The predicted molar refractivity (Wildman–Crippen MR) is 61.8 cm³/mol. The fourth-order valence-electron chi connectivity index (χ4n) is 2.14. The second kappa shape index (κ2) is 5.14. The third-order valence-electron chi connectivity index (χ3n) is 3.34. The number of rotatable bonds is 5. The molecule has 1 saturated heterocycles. The minimum atomic E-state index is 0.307. The Bertz CT molecular complexity index is 356. The third-order valence-corrected chi connectivity index (χ3v) is 3.34. The van der Waals surface area contributed by atoms with Gasteiger partial charge in [0.2, 0.25) is 11.8 Å². The highest BCUT2D eigenvalue weighted by Gasteiger charge is 2.22. The normalized spacial score (nSPS) is 25.1. The van der Waals surface area contributed by atoms with Crippen molar-refractivity contribution in [1.29, 1.82) is 0 Å². The van der Waals surface area contributed by atoms with Gasteiger partial charge in [-0.05, 0) is 25.7 Å². The van der Waals surface area contributed by atoms with E-state index in [0.29, 0.717) is 5.92 Å². The molecule has 1 saturated carbocycles. The quantitative estimate of drug-likeness (QED) is 0.835. The lowest BCUT2D eigenvalue weighted by molar-refractivity contribution is 0.0721. The fraction of sp³-hybridized carbons (Fsp3) is 0.833. The highest BCUT2D eigenvalue weighted by atomic mass is 16.5. The molecule has 0 radical (unpaired) electrons. The highest BCUT2D eigenvalue weighted by molar-refractivity contribution is 4.93. The van der Waals surface area contributed by atoms with Crippen LogP contribution < -0.4 is 5.32 Å². The van der Waals surface area contributed by atoms with E-state index in [1.54, 1.807) is 0 Å². The minimum Gasteiger partial charge on any atom is -0.425 e. The zero-order valence-corrected chi connectivity index (χ0v) is 10.0. The van der Waals surface area contributed by atoms with E-state index in [9.17, 15) is 0 Å². The summed E-state index contributed by atoms with van der Waals surface area (Å²) < 4.78 is 11.1. The van der Waals surface area contributed by atoms with Gasteiger partial charge in [-0.2, -0.15) is 0 Å². The molecule has 1 aliphatic carbocycles. The monoisotopic (exact) mass is 237 g/mol. The van der Waals surface area contributed by atoms with Crippen LogP contribution in [0.1, 0.15) is 43.4 Å². The summed E-state index contributed by atoms with van der Waals surface area (Å²) in [6, 6.07) is 0.740. The molecule has 5 nitrogen and oxygen atoms in total. The second-order valence-electron chi connectivity index (χ2n) is 4.93. The van der Waals surface area contributed by atoms with E-state index in [4.69, 9.17) is 9.15 Å². The van der Waals surface area contributed by atoms with Crippen LogP contribution in [0.5, 0.6) is 0 Å². The Morgan fingerprint density at radius 1 is 1.24 bits per heavy atom. The van der Waals surface area contributed by atoms with Gasteiger partial charge in [0.1, 0.15) is 0 Å². The molecule has 2 aliphatic rings. The van der Waals surface area contributed by atoms with Crippen molar-refractivity contribution in [2.75, 3.05) is 19.8 Å². The van der Waals surface area contributed by atoms with Crippen LogP contribution in [0.3, 0.4) is 0 Å². The van der Waals surface area contributed by atoms with E-state index in [0.717, 1.165) is 56.8 Å². The van der Waals surface area contributed by atoms with Gasteiger partial charge in [-0.1, -0.05) is 0 Å². The molecule has 94 valence electrons. The zero-order valence-electron chi connectivity index (χ0n) is 10.0. The summed E-state index contributed by atoms with van der Waals surface area (Å²) in [5.74, 6) is 1.81. The molecule has 2 heterocycles. The maximum absolute atomic E-state index is 5.68. The van der Waals surface area contributed by atoms with E-state index in [-0.39, 0.29) is 0 Å². The molecule has 0 bridgehead atoms. The maximum Gasteiger partial charge on any atom is 0.221 e. The number of nitrogens with zero attached hydrogens (tertiary/aromatic N) is 2. The summed E-state index contributed by atoms with van der Waals surface area (Å²) in [6.45, 7) is 2.53. The average molecular weight is 237 g/mol. The average Bonchev–Trinajstić information content (AvgIpc) is 3.07. The van der Waals surface area contributed by atoms with Gasteiger partial charge in [-0.3, -0.25) is 0 Å². The Kier molecular flexibility index (Phi) is 3.38. The van der Waals surface area contributed by atoms with Gasteiger partial charge in [-0.25, -0.2) is 0 Å². The van der Waals surface area contributed by atoms with Gasteiger partial charge in [0.25, 0.3) is 0 Å². The number of ether oxygens (including phenoxy) is 1. The smallest absolute Gasteiger partial charge is 0.221 e. The molecule has 1 N–H and O–H groups in total. The first-order valence-corrected chi connectivity index (χ1v) is 6.55. The molecule has 1 atom stereocenters. The van der Waals surface area contributed by atoms with Crippen LogP contribution in [0.25, 0.3) is 0 Å². The summed E-state index contributed by atoms with van der Waals surface area (Å²) in [4.78, 5) is 0. The van der Waals surface area contributed by atoms with Crippen LogP contribution in [0.15, 0.2) is 4.42 Å². The van der Waals surface area contributed by atoms with Crippen molar-refractivity contribution >= 4 is 0 Å². The van der Waals surface area contributed by atoms with Crippen LogP contribution in [-0.4, -0.2) is 36.0 Å². The van der Waals surface area contributed by atoms with Gasteiger partial charge in [-0.15, -0.1) is 10.2 Å². The molecule has 3 rings (SSSR count). The molecule has 1 aromatic rings. The highest BCUT2D eigenvalue weighted by Crippen LogP contribution is 2.24. The van der Waals surface area contributed by atoms with Gasteiger partial charge in [0.05, 0.1) is 12.5 Å². The standard InChI is InChI=1S/C12H19N3O2/c1-2-9(8-16-7-1)12-15-14-11(17-12)5-6-13-10-3-4-10/h9-10,13H,1-8H2. The van der Waals surface area contributed by atoms with E-state index in [1.807, 2.05) is 0 Å². The second-order valence-corrected chi connectivity index (χ2v) is 4.93. The van der Waals surface area contributed by atoms with Crippen molar-refractivity contribution in [2.24, 2.45) is 0 Å². The Morgan fingerprint density at radius 3 is 2.94 bits per heavy atom. The van der Waals surface area contributed by atoms with E-state index >= 15 is 0 Å². The minimum absolute atomic E-state index is 0.307. The van der Waals surface area contributed by atoms with Crippen LogP contribution in [-0.2, 0) is 11.2 Å². The Hall–Kier alpha value is -0.940. The molecular formula is C12H19N3O2. The molecule has 1 aromatic heterocycles. The Balaban J connectivity index is 1.49. The summed E-state index contributed by atoms with van der Waals surface area (Å²) in [6.07, 6.45) is 5.65. The van der Waals surface area contributed by atoms with Crippen molar-refractivity contribution in [3.05, 3.63) is 11.8 Å². The molecule has 0 aromatic carbocycles. The van der Waals surface area contributed by atoms with Crippen molar-refractivity contribution in [3.8, 4) is 0 Å². The molecule has 0 amide bonds. The zero-order chi connectivity index (χ0) is 11.5. The van der Waals surface area contributed by atoms with Crippen molar-refractivity contribution in [3.63, 3.8) is 0 Å². The molecule has 1 aliphatic heterocycles. The Labute approximate surface area is 101 Å². The summed E-state index contributed by atoms with van der Waals surface area (Å²) in [5.41, 5.74) is 0. The van der Waals surface area contributed by atoms with Gasteiger partial charge >= 0.3 is 0 Å². The maximum atomic E-state index is 5.68. The first-order valence-electron chi connectivity index (χ1n) is 6.55. The number of nitrogens with one attached hydrogen (secondary N) is 1. The lowest BCUT2D eigenvalue weighted by Gasteiger charge is -2.18. The van der Waals surface area contributed by atoms with Crippen LogP contribution in [0, 0.1) is 0 Å². The largest absolute Gasteiger partial charge is 0.425 e. The van der Waals surface area contributed by atoms with Crippen molar-refractivity contribution in [1.82, 2.24) is 15.5 Å². The SMILES string of the molecule is C1COCC(c2nnc(CCNC3CC3)o2)C1. The van der Waals surface area contributed by atoms with Gasteiger partial charge < -0.3 is 14.5 Å². The molecule has 0 spiro atoms.